The maximum atomic E-state index is 2.78. The van der Waals surface area contributed by atoms with Gasteiger partial charge < -0.3 is 0 Å². The molecule has 1 fully saturated rings. The third kappa shape index (κ3) is 0.691. The first-order valence-corrected chi connectivity index (χ1v) is 4.69. The molecule has 0 radical (unpaired) electrons. The summed E-state index contributed by atoms with van der Waals surface area (Å²) < 4.78 is 2.28. The van der Waals surface area contributed by atoms with Gasteiger partial charge in [-0.05, 0) is 18.9 Å². The molecule has 0 aromatic carbocycles. The van der Waals surface area contributed by atoms with E-state index in [4.69, 9.17) is 0 Å². The fraction of sp³-hybridized carbons (Fsp3) is 0.778. The molecule has 2 aliphatic carbocycles. The molecule has 0 bridgehead atoms. The molecule has 0 saturated heterocycles. The van der Waals surface area contributed by atoms with Gasteiger partial charge >= 0.3 is 0 Å². The molecule has 62 valence electrons. The van der Waals surface area contributed by atoms with E-state index in [1.807, 2.05) is 0 Å². The summed E-state index contributed by atoms with van der Waals surface area (Å²) in [6.07, 6.45) is 5.97. The van der Waals surface area contributed by atoms with Gasteiger partial charge in [-0.2, -0.15) is 0 Å². The van der Waals surface area contributed by atoms with Gasteiger partial charge in [-0.25, -0.2) is 0 Å². The fourth-order valence-corrected chi connectivity index (χ4v) is 3.55. The molecule has 2 aliphatic rings. The zero-order valence-electron chi connectivity index (χ0n) is 7.46. The average Bonchev–Trinajstić information content (AvgIpc) is 2.15. The van der Waals surface area contributed by atoms with E-state index in [1.165, 1.54) is 6.42 Å². The second-order valence-corrected chi connectivity index (χ2v) is 5.19. The lowest BCUT2D eigenvalue weighted by Crippen LogP contribution is -2.15. The molecule has 0 aromatic heterocycles. The molecule has 1 saturated carbocycles. The highest BCUT2D eigenvalue weighted by molar-refractivity contribution is 7.13. The van der Waals surface area contributed by atoms with Gasteiger partial charge in [0.25, 0.3) is 0 Å². The topological polar surface area (TPSA) is 3.24 Å². The first-order chi connectivity index (χ1) is 5.02. The van der Waals surface area contributed by atoms with Crippen molar-refractivity contribution in [1.82, 2.24) is 4.67 Å². The van der Waals surface area contributed by atoms with Crippen LogP contribution in [0, 0.1) is 10.8 Å². The Morgan fingerprint density at radius 1 is 1.55 bits per heavy atom. The molecule has 0 heterocycles. The van der Waals surface area contributed by atoms with Crippen LogP contribution in [-0.2, 0) is 0 Å². The molecule has 0 N–H and O–H groups in total. The van der Waals surface area contributed by atoms with Crippen molar-refractivity contribution >= 4 is 9.39 Å². The fourth-order valence-electron chi connectivity index (χ4n) is 2.91. The third-order valence-electron chi connectivity index (χ3n) is 3.73. The van der Waals surface area contributed by atoms with Gasteiger partial charge in [0.05, 0.1) is 0 Å². The summed E-state index contributed by atoms with van der Waals surface area (Å²) in [5.74, 6) is 0. The van der Waals surface area contributed by atoms with Gasteiger partial charge in [-0.1, -0.05) is 35.4 Å². The number of hydrogen-bond donors (Lipinski definition) is 0. The van der Waals surface area contributed by atoms with Crippen molar-refractivity contribution in [2.45, 2.75) is 26.3 Å². The zero-order chi connectivity index (χ0) is 8.28. The molecular formula is C9H16NP. The quantitative estimate of drug-likeness (QED) is 0.429. The Morgan fingerprint density at radius 2 is 2.18 bits per heavy atom. The zero-order valence-corrected chi connectivity index (χ0v) is 8.62. The van der Waals surface area contributed by atoms with E-state index in [9.17, 15) is 0 Å². The van der Waals surface area contributed by atoms with Crippen molar-refractivity contribution in [2.24, 2.45) is 10.8 Å². The third-order valence-corrected chi connectivity index (χ3v) is 4.03. The molecule has 4 atom stereocenters. The standard InChI is InChI=1S/C9H16NP/c1-8-5-4-6-9(8,2)7(8)10(3)11/h4-5,7H,6,11H2,1-3H3/t7-,8-,9+/m1/s1. The number of hydrogen-bond acceptors (Lipinski definition) is 1. The van der Waals surface area contributed by atoms with Crippen molar-refractivity contribution in [3.05, 3.63) is 12.2 Å². The summed E-state index contributed by atoms with van der Waals surface area (Å²) in [6.45, 7) is 4.75. The first-order valence-electron chi connectivity index (χ1n) is 4.17. The second kappa shape index (κ2) is 1.89. The number of fused-ring (bicyclic) bond motifs is 1. The maximum absolute atomic E-state index is 2.78. The minimum Gasteiger partial charge on any atom is -0.286 e. The van der Waals surface area contributed by atoms with Gasteiger partial charge in [-0.15, -0.1) is 0 Å². The smallest absolute Gasteiger partial charge is 0.0286 e. The van der Waals surface area contributed by atoms with Crippen LogP contribution in [0.1, 0.15) is 20.3 Å². The predicted octanol–water partition coefficient (Wildman–Crippen LogP) is 2.06. The molecule has 0 spiro atoms. The normalized spacial score (nSPS) is 53.4. The highest BCUT2D eigenvalue weighted by Gasteiger charge is 2.71. The molecule has 0 aromatic rings. The van der Waals surface area contributed by atoms with Crippen molar-refractivity contribution in [3.63, 3.8) is 0 Å². The Balaban J connectivity index is 2.27. The van der Waals surface area contributed by atoms with Crippen molar-refractivity contribution in [3.8, 4) is 0 Å². The lowest BCUT2D eigenvalue weighted by Gasteiger charge is -2.13. The molecular weight excluding hydrogens is 153 g/mol. The van der Waals surface area contributed by atoms with Gasteiger partial charge in [0.2, 0.25) is 0 Å². The van der Waals surface area contributed by atoms with Gasteiger partial charge in [0.15, 0.2) is 0 Å². The van der Waals surface area contributed by atoms with Gasteiger partial charge in [0, 0.05) is 11.5 Å². The average molecular weight is 169 g/mol. The Labute approximate surface area is 71.1 Å². The maximum Gasteiger partial charge on any atom is 0.0286 e. The molecule has 0 aliphatic heterocycles. The molecule has 11 heavy (non-hydrogen) atoms. The monoisotopic (exact) mass is 169 g/mol. The van der Waals surface area contributed by atoms with Crippen LogP contribution >= 0.6 is 9.39 Å². The summed E-state index contributed by atoms with van der Waals surface area (Å²) >= 11 is 0. The summed E-state index contributed by atoms with van der Waals surface area (Å²) in [5.41, 5.74) is 0.993. The van der Waals surface area contributed by atoms with E-state index in [0.29, 0.717) is 10.8 Å². The molecule has 1 unspecified atom stereocenters. The van der Waals surface area contributed by atoms with Crippen LogP contribution in [0.2, 0.25) is 0 Å². The molecule has 2 rings (SSSR count). The Kier molecular flexibility index (Phi) is 1.33. The second-order valence-electron chi connectivity index (χ2n) is 4.37. The first kappa shape index (κ1) is 7.76. The van der Waals surface area contributed by atoms with E-state index in [2.05, 4.69) is 47.1 Å². The van der Waals surface area contributed by atoms with Crippen LogP contribution in [0.5, 0.6) is 0 Å². The van der Waals surface area contributed by atoms with Crippen molar-refractivity contribution < 1.29 is 0 Å². The van der Waals surface area contributed by atoms with E-state index < -0.39 is 0 Å². The number of rotatable bonds is 1. The van der Waals surface area contributed by atoms with Crippen LogP contribution < -0.4 is 0 Å². The van der Waals surface area contributed by atoms with E-state index in [-0.39, 0.29) is 0 Å². The number of nitrogens with zero attached hydrogens (tertiary/aromatic N) is 1. The summed E-state index contributed by atoms with van der Waals surface area (Å²) in [6, 6.07) is 0.741. The molecule has 1 nitrogen and oxygen atoms in total. The predicted molar refractivity (Wildman–Crippen MR) is 51.2 cm³/mol. The lowest BCUT2D eigenvalue weighted by atomic mass is 10.0. The van der Waals surface area contributed by atoms with Crippen LogP contribution in [0.4, 0.5) is 0 Å². The largest absolute Gasteiger partial charge is 0.286 e. The Bertz CT molecular complexity index is 224. The van der Waals surface area contributed by atoms with Crippen LogP contribution in [0.3, 0.4) is 0 Å². The Hall–Kier alpha value is 0.130. The minimum absolute atomic E-state index is 0.462. The lowest BCUT2D eigenvalue weighted by molar-refractivity contribution is 0.436. The van der Waals surface area contributed by atoms with Crippen LogP contribution in [0.25, 0.3) is 0 Å². The SMILES string of the molecule is CN(P)[C@H]1[C@]2(C)CC=C[C@]12C. The highest BCUT2D eigenvalue weighted by Crippen LogP contribution is 2.71. The van der Waals surface area contributed by atoms with E-state index in [1.54, 1.807) is 0 Å². The highest BCUT2D eigenvalue weighted by atomic mass is 31.0. The molecule has 0 amide bonds. The Morgan fingerprint density at radius 3 is 2.45 bits per heavy atom. The van der Waals surface area contributed by atoms with Crippen LogP contribution in [0.15, 0.2) is 12.2 Å². The van der Waals surface area contributed by atoms with Crippen LogP contribution in [-0.4, -0.2) is 17.8 Å². The summed E-state index contributed by atoms with van der Waals surface area (Å²) in [4.78, 5) is 0. The summed E-state index contributed by atoms with van der Waals surface area (Å²) in [5, 5.41) is 0. The van der Waals surface area contributed by atoms with E-state index in [0.717, 1.165) is 6.04 Å². The molecule has 2 heteroatoms. The van der Waals surface area contributed by atoms with Crippen molar-refractivity contribution in [2.75, 3.05) is 7.05 Å². The van der Waals surface area contributed by atoms with Crippen molar-refractivity contribution in [1.29, 1.82) is 0 Å². The van der Waals surface area contributed by atoms with Gasteiger partial charge in [0.1, 0.15) is 0 Å². The van der Waals surface area contributed by atoms with Gasteiger partial charge in [-0.3, -0.25) is 4.67 Å². The minimum atomic E-state index is 0.462. The number of allylic oxidation sites excluding steroid dienone is 1. The summed E-state index contributed by atoms with van der Waals surface area (Å²) in [7, 11) is 4.93. The van der Waals surface area contributed by atoms with E-state index >= 15 is 0 Å².